The number of halogens is 1. The van der Waals surface area contributed by atoms with Gasteiger partial charge in [-0.1, -0.05) is 30.3 Å². The van der Waals surface area contributed by atoms with E-state index in [1.807, 2.05) is 37.4 Å². The highest BCUT2D eigenvalue weighted by molar-refractivity contribution is 7.19. The lowest BCUT2D eigenvalue weighted by molar-refractivity contribution is -0.137. The minimum absolute atomic E-state index is 0.277. The molecule has 0 bridgehead atoms. The second-order valence-electron chi connectivity index (χ2n) is 7.94. The Morgan fingerprint density at radius 3 is 2.67 bits per heavy atom. The molecule has 3 aromatic heterocycles. The Labute approximate surface area is 193 Å². The number of nitrogens with one attached hydrogen (secondary N) is 2. The van der Waals surface area contributed by atoms with E-state index in [4.69, 9.17) is 0 Å². The van der Waals surface area contributed by atoms with E-state index in [-0.39, 0.29) is 12.2 Å². The van der Waals surface area contributed by atoms with Crippen molar-refractivity contribution < 1.29 is 14.3 Å². The Morgan fingerprint density at radius 2 is 1.91 bits per heavy atom. The zero-order valence-electron chi connectivity index (χ0n) is 18.0. The maximum absolute atomic E-state index is 13.5. The lowest BCUT2D eigenvalue weighted by atomic mass is 10.0. The van der Waals surface area contributed by atoms with Gasteiger partial charge in [0, 0.05) is 34.0 Å². The van der Waals surface area contributed by atoms with Gasteiger partial charge in [-0.15, -0.1) is 11.3 Å². The van der Waals surface area contributed by atoms with Crippen molar-refractivity contribution in [1.82, 2.24) is 15.0 Å². The summed E-state index contributed by atoms with van der Waals surface area (Å²) in [5.74, 6) is -0.271. The highest BCUT2D eigenvalue weighted by atomic mass is 32.1. The van der Waals surface area contributed by atoms with Gasteiger partial charge in [0.2, 0.25) is 0 Å². The molecule has 0 radical (unpaired) electrons. The number of aryl methyl sites for hydroxylation is 2. The highest BCUT2D eigenvalue weighted by Crippen LogP contribution is 2.41. The molecule has 0 saturated heterocycles. The Hall–Kier alpha value is -3.78. The first kappa shape index (κ1) is 21.1. The van der Waals surface area contributed by atoms with E-state index >= 15 is 0 Å². The van der Waals surface area contributed by atoms with Crippen LogP contribution >= 0.6 is 11.3 Å². The molecule has 2 aromatic carbocycles. The van der Waals surface area contributed by atoms with Gasteiger partial charge in [0.1, 0.15) is 28.3 Å². The van der Waals surface area contributed by atoms with E-state index in [1.165, 1.54) is 23.5 Å². The topological polar surface area (TPSA) is 90.9 Å². The van der Waals surface area contributed by atoms with Crippen molar-refractivity contribution in [3.63, 3.8) is 0 Å². The highest BCUT2D eigenvalue weighted by Gasteiger charge is 2.24. The number of rotatable bonds is 6. The molecule has 1 unspecified atom stereocenters. The number of aliphatic carboxylic acids is 1. The minimum atomic E-state index is -0.972. The number of thiophene rings is 1. The van der Waals surface area contributed by atoms with Crippen molar-refractivity contribution in [1.29, 1.82) is 0 Å². The van der Waals surface area contributed by atoms with Gasteiger partial charge in [0.25, 0.3) is 0 Å². The first-order valence-corrected chi connectivity index (χ1v) is 11.3. The first-order valence-electron chi connectivity index (χ1n) is 10.5. The average molecular weight is 461 g/mol. The molecular formula is C25H21FN4O2S. The Balaban J connectivity index is 1.59. The Bertz CT molecular complexity index is 1490. The van der Waals surface area contributed by atoms with Gasteiger partial charge >= 0.3 is 5.97 Å². The van der Waals surface area contributed by atoms with Crippen molar-refractivity contribution in [2.75, 3.05) is 5.32 Å². The van der Waals surface area contributed by atoms with Crippen molar-refractivity contribution in [3.8, 4) is 11.1 Å². The number of carboxylic acids is 1. The number of hydrogen-bond acceptors (Lipinski definition) is 5. The Kier molecular flexibility index (Phi) is 5.30. The smallest absolute Gasteiger partial charge is 0.326 e. The quantitative estimate of drug-likeness (QED) is 0.302. The van der Waals surface area contributed by atoms with Crippen LogP contribution in [0.4, 0.5) is 10.2 Å². The van der Waals surface area contributed by atoms with E-state index in [1.54, 1.807) is 19.1 Å². The van der Waals surface area contributed by atoms with Crippen LogP contribution in [0.25, 0.3) is 32.2 Å². The second-order valence-corrected chi connectivity index (χ2v) is 9.14. The van der Waals surface area contributed by atoms with Crippen LogP contribution in [0, 0.1) is 19.7 Å². The molecule has 3 heterocycles. The zero-order valence-corrected chi connectivity index (χ0v) is 18.8. The molecule has 5 aromatic rings. The van der Waals surface area contributed by atoms with Crippen LogP contribution in [0.1, 0.15) is 16.3 Å². The summed E-state index contributed by atoms with van der Waals surface area (Å²) in [7, 11) is 0. The lowest BCUT2D eigenvalue weighted by Crippen LogP contribution is -2.32. The third-order valence-corrected chi connectivity index (χ3v) is 6.68. The largest absolute Gasteiger partial charge is 0.480 e. The fraction of sp³-hybridized carbons (Fsp3) is 0.160. The van der Waals surface area contributed by atoms with Gasteiger partial charge in [-0.3, -0.25) is 0 Å². The lowest BCUT2D eigenvalue weighted by Gasteiger charge is -2.17. The normalized spacial score (nSPS) is 12.3. The number of aromatic nitrogens is 3. The van der Waals surface area contributed by atoms with E-state index < -0.39 is 12.0 Å². The molecule has 0 aliphatic carbocycles. The third-order valence-electron chi connectivity index (χ3n) is 5.68. The van der Waals surface area contributed by atoms with E-state index in [9.17, 15) is 14.3 Å². The van der Waals surface area contributed by atoms with Gasteiger partial charge in [0.05, 0.1) is 5.39 Å². The summed E-state index contributed by atoms with van der Waals surface area (Å²) in [6, 6.07) is 13.2. The van der Waals surface area contributed by atoms with Crippen LogP contribution < -0.4 is 5.32 Å². The van der Waals surface area contributed by atoms with E-state index in [0.29, 0.717) is 11.6 Å². The summed E-state index contributed by atoms with van der Waals surface area (Å²) in [4.78, 5) is 26.3. The monoisotopic (exact) mass is 460 g/mol. The molecule has 0 aliphatic heterocycles. The van der Waals surface area contributed by atoms with Gasteiger partial charge in [-0.25, -0.2) is 19.2 Å². The van der Waals surface area contributed by atoms with E-state index in [0.717, 1.165) is 42.7 Å². The summed E-state index contributed by atoms with van der Waals surface area (Å²) in [6.45, 7) is 3.76. The summed E-state index contributed by atoms with van der Waals surface area (Å²) in [6.07, 6.45) is 2.13. The van der Waals surface area contributed by atoms with Crippen molar-refractivity contribution in [2.24, 2.45) is 0 Å². The number of benzene rings is 2. The van der Waals surface area contributed by atoms with Gasteiger partial charge < -0.3 is 15.4 Å². The molecule has 1 atom stereocenters. The predicted octanol–water partition coefficient (Wildman–Crippen LogP) is 5.70. The number of carbonyl (C=O) groups is 1. The fourth-order valence-corrected chi connectivity index (χ4v) is 5.26. The number of hydrogen-bond donors (Lipinski definition) is 3. The zero-order chi connectivity index (χ0) is 23.1. The number of nitrogens with zero attached hydrogens (tertiary/aromatic N) is 2. The van der Waals surface area contributed by atoms with Crippen LogP contribution in [-0.2, 0) is 11.2 Å². The fourth-order valence-electron chi connectivity index (χ4n) is 4.17. The molecule has 33 heavy (non-hydrogen) atoms. The number of para-hydroxylation sites is 1. The van der Waals surface area contributed by atoms with Crippen molar-refractivity contribution >= 4 is 44.2 Å². The van der Waals surface area contributed by atoms with Crippen molar-refractivity contribution in [2.45, 2.75) is 26.3 Å². The van der Waals surface area contributed by atoms with Crippen LogP contribution in [0.15, 0.2) is 54.7 Å². The number of fused-ring (bicyclic) bond motifs is 2. The van der Waals surface area contributed by atoms with Crippen LogP contribution in [-0.4, -0.2) is 32.1 Å². The van der Waals surface area contributed by atoms with Crippen LogP contribution in [0.3, 0.4) is 0 Å². The first-order chi connectivity index (χ1) is 15.9. The van der Waals surface area contributed by atoms with E-state index in [2.05, 4.69) is 20.3 Å². The summed E-state index contributed by atoms with van der Waals surface area (Å²) >= 11 is 1.51. The third kappa shape index (κ3) is 3.93. The van der Waals surface area contributed by atoms with Crippen LogP contribution in [0.5, 0.6) is 0 Å². The van der Waals surface area contributed by atoms with Gasteiger partial charge in [-0.2, -0.15) is 0 Å². The molecule has 6 nitrogen and oxygen atoms in total. The average Bonchev–Trinajstić information content (AvgIpc) is 3.34. The molecule has 166 valence electrons. The molecule has 0 spiro atoms. The summed E-state index contributed by atoms with van der Waals surface area (Å²) < 4.78 is 13.5. The Morgan fingerprint density at radius 1 is 1.15 bits per heavy atom. The maximum atomic E-state index is 13.5. The molecule has 0 amide bonds. The summed E-state index contributed by atoms with van der Waals surface area (Å²) in [5.41, 5.74) is 3.59. The molecule has 0 fully saturated rings. The number of H-pyrrole nitrogens is 1. The number of aromatic amines is 1. The standard InChI is InChI=1S/C25H21FN4O2S/c1-13-21(15-7-9-17(26)10-8-15)22-23(28-14(2)29-24(22)33-13)30-20(25(31)32)11-16-12-27-19-6-4-3-5-18(16)19/h3-10,12,20,27H,11H2,1-2H3,(H,31,32)(H,28,29,30). The van der Waals surface area contributed by atoms with Gasteiger partial charge in [0.15, 0.2) is 0 Å². The SMILES string of the molecule is Cc1nc(NC(Cc2c[nH]c3ccccc23)C(=O)O)c2c(-c3ccc(F)cc3)c(C)sc2n1. The molecule has 0 saturated carbocycles. The van der Waals surface area contributed by atoms with Crippen LogP contribution in [0.2, 0.25) is 0 Å². The maximum Gasteiger partial charge on any atom is 0.326 e. The minimum Gasteiger partial charge on any atom is -0.480 e. The second kappa shape index (κ2) is 8.29. The summed E-state index contributed by atoms with van der Waals surface area (Å²) in [5, 5.41) is 14.9. The molecule has 5 rings (SSSR count). The van der Waals surface area contributed by atoms with Crippen molar-refractivity contribution in [3.05, 3.63) is 76.8 Å². The predicted molar refractivity (Wildman–Crippen MR) is 129 cm³/mol. The number of anilines is 1. The number of carboxylic acid groups (broad SMARTS) is 1. The molecule has 8 heteroatoms. The molecule has 0 aliphatic rings. The van der Waals surface area contributed by atoms with Gasteiger partial charge in [-0.05, 0) is 43.2 Å². The molecular weight excluding hydrogens is 439 g/mol. The molecule has 3 N–H and O–H groups in total.